The Morgan fingerprint density at radius 1 is 1.33 bits per heavy atom. The lowest BCUT2D eigenvalue weighted by Gasteiger charge is -2.36. The van der Waals surface area contributed by atoms with E-state index >= 15 is 0 Å². The van der Waals surface area contributed by atoms with Crippen molar-refractivity contribution in [1.82, 2.24) is 10.2 Å². The minimum atomic E-state index is -0.480. The molecule has 1 fully saturated rings. The molecule has 2 aliphatic heterocycles. The maximum Gasteiger partial charge on any atom is 0.255 e. The van der Waals surface area contributed by atoms with Crippen molar-refractivity contribution in [2.24, 2.45) is 5.92 Å². The Labute approximate surface area is 160 Å². The number of carbonyl (C=O) groups excluding carboxylic acids is 1. The normalized spacial score (nSPS) is 22.9. The summed E-state index contributed by atoms with van der Waals surface area (Å²) in [6.07, 6.45) is 1.84. The molecule has 0 unspecified atom stereocenters. The molecular formula is C20H30N2O5. The lowest BCUT2D eigenvalue weighted by molar-refractivity contribution is 0.0201. The zero-order valence-corrected chi connectivity index (χ0v) is 15.9. The minimum Gasteiger partial charge on any atom is -0.490 e. The van der Waals surface area contributed by atoms with Gasteiger partial charge in [0.2, 0.25) is 0 Å². The third-order valence-corrected chi connectivity index (χ3v) is 5.20. The highest BCUT2D eigenvalue weighted by Gasteiger charge is 2.28. The smallest absolute Gasteiger partial charge is 0.255 e. The Kier molecular flexibility index (Phi) is 6.93. The Hall–Kier alpha value is -1.83. The molecule has 2 aliphatic rings. The number of ether oxygens (including phenoxy) is 2. The highest BCUT2D eigenvalue weighted by Crippen LogP contribution is 2.34. The molecule has 27 heavy (non-hydrogen) atoms. The van der Waals surface area contributed by atoms with Gasteiger partial charge in [-0.25, -0.2) is 0 Å². The van der Waals surface area contributed by atoms with Gasteiger partial charge in [0.25, 0.3) is 5.91 Å². The number of hydrogen-bond donors (Lipinski definition) is 3. The first-order valence-corrected chi connectivity index (χ1v) is 9.78. The number of nitrogens with zero attached hydrogens (tertiary/aromatic N) is 1. The van der Waals surface area contributed by atoms with Crippen LogP contribution in [0, 0.1) is 12.8 Å². The molecule has 2 atom stereocenters. The minimum absolute atomic E-state index is 0.0277. The molecule has 0 aromatic heterocycles. The molecule has 3 rings (SSSR count). The van der Waals surface area contributed by atoms with Crippen LogP contribution < -0.4 is 14.8 Å². The molecule has 1 saturated heterocycles. The summed E-state index contributed by atoms with van der Waals surface area (Å²) >= 11 is 0. The van der Waals surface area contributed by atoms with Crippen LogP contribution in [-0.4, -0.2) is 73.1 Å². The van der Waals surface area contributed by atoms with Gasteiger partial charge in [-0.2, -0.15) is 0 Å². The zero-order chi connectivity index (χ0) is 19.2. The predicted octanol–water partition coefficient (Wildman–Crippen LogP) is 0.951. The highest BCUT2D eigenvalue weighted by molar-refractivity contribution is 5.98. The van der Waals surface area contributed by atoms with Crippen LogP contribution in [0.2, 0.25) is 0 Å². The Morgan fingerprint density at radius 3 is 2.93 bits per heavy atom. The molecule has 0 spiro atoms. The number of benzene rings is 1. The molecule has 1 amide bonds. The number of β-amino-alcohol motifs (C(OH)–C–C–N with tert-alkyl or cyclic N) is 1. The third kappa shape index (κ3) is 5.12. The van der Waals surface area contributed by atoms with Crippen molar-refractivity contribution in [2.75, 3.05) is 46.0 Å². The number of carbonyl (C=O) groups is 1. The number of hydrogen-bond acceptors (Lipinski definition) is 6. The van der Waals surface area contributed by atoms with E-state index in [9.17, 15) is 9.90 Å². The molecule has 0 radical (unpaired) electrons. The van der Waals surface area contributed by atoms with E-state index in [1.807, 2.05) is 19.1 Å². The maximum atomic E-state index is 12.8. The SMILES string of the molecule is Cc1cc2c(c(C(=O)NC[C@@H]3CCN(CCCO)C[C@H]3O)c1)OCCCO2. The second-order valence-electron chi connectivity index (χ2n) is 7.39. The first kappa shape index (κ1) is 19.9. The molecule has 1 aromatic carbocycles. The average molecular weight is 378 g/mol. The number of piperidine rings is 1. The van der Waals surface area contributed by atoms with Crippen molar-refractivity contribution < 1.29 is 24.5 Å². The van der Waals surface area contributed by atoms with Crippen molar-refractivity contribution in [3.63, 3.8) is 0 Å². The van der Waals surface area contributed by atoms with Gasteiger partial charge >= 0.3 is 0 Å². The Balaban J connectivity index is 1.59. The summed E-state index contributed by atoms with van der Waals surface area (Å²) in [6.45, 7) is 5.87. The van der Waals surface area contributed by atoms with Gasteiger partial charge in [-0.05, 0) is 44.0 Å². The number of nitrogens with one attached hydrogen (secondary N) is 1. The van der Waals surface area contributed by atoms with E-state index in [-0.39, 0.29) is 18.4 Å². The molecule has 2 heterocycles. The lowest BCUT2D eigenvalue weighted by atomic mass is 9.93. The van der Waals surface area contributed by atoms with Gasteiger partial charge in [0.1, 0.15) is 0 Å². The third-order valence-electron chi connectivity index (χ3n) is 5.20. The molecule has 150 valence electrons. The fraction of sp³-hybridized carbons (Fsp3) is 0.650. The summed E-state index contributed by atoms with van der Waals surface area (Å²) in [5.41, 5.74) is 1.43. The number of aliphatic hydroxyl groups is 2. The molecule has 3 N–H and O–H groups in total. The number of likely N-dealkylation sites (tertiary alicyclic amines) is 1. The fourth-order valence-corrected chi connectivity index (χ4v) is 3.68. The monoisotopic (exact) mass is 378 g/mol. The number of aryl methyl sites for hydroxylation is 1. The van der Waals surface area contributed by atoms with Crippen LogP contribution in [0.1, 0.15) is 35.2 Å². The molecule has 0 bridgehead atoms. The maximum absolute atomic E-state index is 12.8. The van der Waals surface area contributed by atoms with Crippen molar-refractivity contribution in [3.05, 3.63) is 23.3 Å². The van der Waals surface area contributed by atoms with Crippen molar-refractivity contribution >= 4 is 5.91 Å². The topological polar surface area (TPSA) is 91.3 Å². The molecule has 0 aliphatic carbocycles. The predicted molar refractivity (Wildman–Crippen MR) is 101 cm³/mol. The van der Waals surface area contributed by atoms with Gasteiger partial charge in [0.15, 0.2) is 11.5 Å². The molecule has 1 aromatic rings. The number of rotatable bonds is 6. The summed E-state index contributed by atoms with van der Waals surface area (Å²) in [7, 11) is 0. The first-order chi connectivity index (χ1) is 13.1. The van der Waals surface area contributed by atoms with E-state index < -0.39 is 6.10 Å². The van der Waals surface area contributed by atoms with E-state index in [2.05, 4.69) is 10.2 Å². The van der Waals surface area contributed by atoms with Gasteiger partial charge in [-0.1, -0.05) is 0 Å². The van der Waals surface area contributed by atoms with E-state index in [0.717, 1.165) is 31.5 Å². The first-order valence-electron chi connectivity index (χ1n) is 9.78. The van der Waals surface area contributed by atoms with E-state index in [0.29, 0.717) is 49.8 Å². The van der Waals surface area contributed by atoms with Crippen molar-refractivity contribution in [2.45, 2.75) is 32.3 Å². The summed E-state index contributed by atoms with van der Waals surface area (Å²) in [6, 6.07) is 3.71. The Bertz CT molecular complexity index is 652. The highest BCUT2D eigenvalue weighted by atomic mass is 16.5. The van der Waals surface area contributed by atoms with Gasteiger partial charge in [0, 0.05) is 38.6 Å². The van der Waals surface area contributed by atoms with Crippen LogP contribution in [0.4, 0.5) is 0 Å². The van der Waals surface area contributed by atoms with Gasteiger partial charge < -0.3 is 29.9 Å². The lowest BCUT2D eigenvalue weighted by Crippen LogP contribution is -2.48. The van der Waals surface area contributed by atoms with E-state index in [1.54, 1.807) is 0 Å². The number of fused-ring (bicyclic) bond motifs is 1. The molecule has 7 heteroatoms. The summed E-state index contributed by atoms with van der Waals surface area (Å²) in [5, 5.41) is 22.3. The van der Waals surface area contributed by atoms with Crippen LogP contribution in [-0.2, 0) is 0 Å². The van der Waals surface area contributed by atoms with E-state index in [1.165, 1.54) is 0 Å². The zero-order valence-electron chi connectivity index (χ0n) is 15.9. The van der Waals surface area contributed by atoms with Crippen LogP contribution in [0.5, 0.6) is 11.5 Å². The van der Waals surface area contributed by atoms with Gasteiger partial charge in [0.05, 0.1) is 24.9 Å². The molecule has 7 nitrogen and oxygen atoms in total. The van der Waals surface area contributed by atoms with Crippen LogP contribution >= 0.6 is 0 Å². The second kappa shape index (κ2) is 9.39. The average Bonchev–Trinajstić information content (AvgIpc) is 2.90. The summed E-state index contributed by atoms with van der Waals surface area (Å²) in [4.78, 5) is 14.9. The summed E-state index contributed by atoms with van der Waals surface area (Å²) < 4.78 is 11.5. The molecule has 0 saturated carbocycles. The van der Waals surface area contributed by atoms with Gasteiger partial charge in [-0.15, -0.1) is 0 Å². The largest absolute Gasteiger partial charge is 0.490 e. The van der Waals surface area contributed by atoms with Crippen molar-refractivity contribution in [3.8, 4) is 11.5 Å². The number of amides is 1. The van der Waals surface area contributed by atoms with Gasteiger partial charge in [-0.3, -0.25) is 4.79 Å². The quantitative estimate of drug-likeness (QED) is 0.683. The van der Waals surface area contributed by atoms with Crippen LogP contribution in [0.15, 0.2) is 12.1 Å². The Morgan fingerprint density at radius 2 is 2.15 bits per heavy atom. The standard InChI is InChI=1S/C20H30N2O5/c1-14-10-16(19-18(11-14)26-8-3-9-27-19)20(25)21-12-15-4-6-22(5-2-7-23)13-17(15)24/h10-11,15,17,23-24H,2-9,12-13H2,1H3,(H,21,25)/t15-,17+/m0/s1. The fourth-order valence-electron chi connectivity index (χ4n) is 3.68. The van der Waals surface area contributed by atoms with Crippen LogP contribution in [0.25, 0.3) is 0 Å². The van der Waals surface area contributed by atoms with Crippen molar-refractivity contribution in [1.29, 1.82) is 0 Å². The summed E-state index contributed by atoms with van der Waals surface area (Å²) in [5.74, 6) is 0.958. The van der Waals surface area contributed by atoms with Crippen LogP contribution in [0.3, 0.4) is 0 Å². The second-order valence-corrected chi connectivity index (χ2v) is 7.39. The number of aliphatic hydroxyl groups excluding tert-OH is 2. The molecular weight excluding hydrogens is 348 g/mol. The van der Waals surface area contributed by atoms with E-state index in [4.69, 9.17) is 14.6 Å².